The van der Waals surface area contributed by atoms with Crippen molar-refractivity contribution in [1.29, 1.82) is 0 Å². The summed E-state index contributed by atoms with van der Waals surface area (Å²) in [6, 6.07) is -0.247. The Labute approximate surface area is 124 Å². The Hall–Kier alpha value is -0.780. The second kappa shape index (κ2) is 6.99. The summed E-state index contributed by atoms with van der Waals surface area (Å²) in [6.45, 7) is 2.12. The van der Waals surface area contributed by atoms with E-state index in [4.69, 9.17) is 0 Å². The maximum Gasteiger partial charge on any atom is 0.401 e. The average molecular weight is 306 g/mol. The van der Waals surface area contributed by atoms with Gasteiger partial charge in [0.05, 0.1) is 6.54 Å². The van der Waals surface area contributed by atoms with Gasteiger partial charge in [-0.05, 0) is 25.2 Å². The molecule has 2 atom stereocenters. The van der Waals surface area contributed by atoms with Crippen LogP contribution in [0.4, 0.5) is 13.2 Å². The zero-order chi connectivity index (χ0) is 15.5. The van der Waals surface area contributed by atoms with Crippen molar-refractivity contribution in [3.8, 4) is 0 Å². The van der Waals surface area contributed by atoms with E-state index in [1.807, 2.05) is 6.92 Å². The highest BCUT2D eigenvalue weighted by molar-refractivity contribution is 5.79. The van der Waals surface area contributed by atoms with Gasteiger partial charge >= 0.3 is 6.18 Å². The highest BCUT2D eigenvalue weighted by Gasteiger charge is 2.34. The second-order valence-electron chi connectivity index (χ2n) is 6.61. The first-order chi connectivity index (χ1) is 9.85. The molecule has 1 N–H and O–H groups in total. The number of hydrogen-bond acceptors (Lipinski definition) is 2. The standard InChI is InChI=1S/C15H25F3N2O/c1-11-7-13(19-10-15(16,17)18)9-20(8-11)14(21)12-5-3-2-4-6-12/h11-13,19H,2-10H2,1H3. The summed E-state index contributed by atoms with van der Waals surface area (Å²) in [6.07, 6.45) is 1.75. The number of likely N-dealkylation sites (tertiary alicyclic amines) is 1. The van der Waals surface area contributed by atoms with Crippen LogP contribution in [0, 0.1) is 11.8 Å². The molecule has 122 valence electrons. The zero-order valence-electron chi connectivity index (χ0n) is 12.6. The van der Waals surface area contributed by atoms with Gasteiger partial charge in [0.25, 0.3) is 0 Å². The number of carbonyl (C=O) groups excluding carboxylic acids is 1. The first kappa shape index (κ1) is 16.6. The van der Waals surface area contributed by atoms with Gasteiger partial charge in [-0.3, -0.25) is 4.79 Å². The number of rotatable bonds is 3. The average Bonchev–Trinajstić information content (AvgIpc) is 2.44. The van der Waals surface area contributed by atoms with Crippen LogP contribution >= 0.6 is 0 Å². The molecule has 0 spiro atoms. The number of nitrogens with zero attached hydrogens (tertiary/aromatic N) is 1. The predicted molar refractivity (Wildman–Crippen MR) is 74.8 cm³/mol. The molecule has 2 unspecified atom stereocenters. The van der Waals surface area contributed by atoms with Gasteiger partial charge in [0.2, 0.25) is 5.91 Å². The molecule has 1 heterocycles. The normalized spacial score (nSPS) is 28.7. The topological polar surface area (TPSA) is 32.3 Å². The van der Waals surface area contributed by atoms with E-state index in [-0.39, 0.29) is 23.8 Å². The Morgan fingerprint density at radius 3 is 2.48 bits per heavy atom. The Morgan fingerprint density at radius 1 is 1.19 bits per heavy atom. The molecule has 0 bridgehead atoms. The van der Waals surface area contributed by atoms with E-state index >= 15 is 0 Å². The molecule has 2 aliphatic rings. The third-order valence-electron chi connectivity index (χ3n) is 4.52. The van der Waals surface area contributed by atoms with Crippen LogP contribution in [0.1, 0.15) is 45.4 Å². The van der Waals surface area contributed by atoms with Crippen molar-refractivity contribution in [2.24, 2.45) is 11.8 Å². The molecule has 0 radical (unpaired) electrons. The smallest absolute Gasteiger partial charge is 0.341 e. The molecule has 1 amide bonds. The first-order valence-corrected chi connectivity index (χ1v) is 7.94. The van der Waals surface area contributed by atoms with Gasteiger partial charge < -0.3 is 10.2 Å². The number of alkyl halides is 3. The summed E-state index contributed by atoms with van der Waals surface area (Å²) in [4.78, 5) is 14.3. The SMILES string of the molecule is CC1CC(NCC(F)(F)F)CN(C(=O)C2CCCCC2)C1. The fourth-order valence-corrected chi connectivity index (χ4v) is 3.55. The second-order valence-corrected chi connectivity index (χ2v) is 6.61. The van der Waals surface area contributed by atoms with Crippen molar-refractivity contribution in [3.63, 3.8) is 0 Å². The van der Waals surface area contributed by atoms with Gasteiger partial charge in [-0.1, -0.05) is 26.2 Å². The van der Waals surface area contributed by atoms with E-state index in [1.165, 1.54) is 6.42 Å². The maximum absolute atomic E-state index is 12.5. The largest absolute Gasteiger partial charge is 0.401 e. The van der Waals surface area contributed by atoms with E-state index in [2.05, 4.69) is 5.32 Å². The Morgan fingerprint density at radius 2 is 1.86 bits per heavy atom. The fourth-order valence-electron chi connectivity index (χ4n) is 3.55. The molecule has 2 rings (SSSR count). The van der Waals surface area contributed by atoms with Crippen LogP contribution in [0.25, 0.3) is 0 Å². The molecule has 21 heavy (non-hydrogen) atoms. The quantitative estimate of drug-likeness (QED) is 0.869. The van der Waals surface area contributed by atoms with Crippen molar-refractivity contribution < 1.29 is 18.0 Å². The Balaban J connectivity index is 1.88. The molecular weight excluding hydrogens is 281 g/mol. The fraction of sp³-hybridized carbons (Fsp3) is 0.933. The summed E-state index contributed by atoms with van der Waals surface area (Å²) in [5, 5.41) is 2.56. The summed E-state index contributed by atoms with van der Waals surface area (Å²) >= 11 is 0. The van der Waals surface area contributed by atoms with Crippen molar-refractivity contribution in [1.82, 2.24) is 10.2 Å². The zero-order valence-corrected chi connectivity index (χ0v) is 12.6. The number of piperidine rings is 1. The molecule has 1 saturated heterocycles. The maximum atomic E-state index is 12.5. The lowest BCUT2D eigenvalue weighted by molar-refractivity contribution is -0.140. The third-order valence-corrected chi connectivity index (χ3v) is 4.52. The lowest BCUT2D eigenvalue weighted by Gasteiger charge is -2.39. The van der Waals surface area contributed by atoms with Gasteiger partial charge in [-0.2, -0.15) is 13.2 Å². The molecule has 1 aliphatic carbocycles. The van der Waals surface area contributed by atoms with Crippen LogP contribution in [0.2, 0.25) is 0 Å². The van der Waals surface area contributed by atoms with E-state index < -0.39 is 12.7 Å². The Bertz CT molecular complexity index is 353. The summed E-state index contributed by atoms with van der Waals surface area (Å²) in [5.74, 6) is 0.490. The molecule has 3 nitrogen and oxygen atoms in total. The van der Waals surface area contributed by atoms with Gasteiger partial charge in [0, 0.05) is 25.0 Å². The van der Waals surface area contributed by atoms with Crippen LogP contribution in [0.3, 0.4) is 0 Å². The molecule has 2 fully saturated rings. The van der Waals surface area contributed by atoms with Gasteiger partial charge in [-0.15, -0.1) is 0 Å². The van der Waals surface area contributed by atoms with E-state index in [0.717, 1.165) is 25.7 Å². The van der Waals surface area contributed by atoms with Crippen LogP contribution < -0.4 is 5.32 Å². The molecule has 1 aliphatic heterocycles. The van der Waals surface area contributed by atoms with Crippen molar-refractivity contribution >= 4 is 5.91 Å². The number of hydrogen-bond donors (Lipinski definition) is 1. The third kappa shape index (κ3) is 5.16. The minimum absolute atomic E-state index is 0.0901. The predicted octanol–water partition coefficient (Wildman–Crippen LogP) is 2.96. The van der Waals surface area contributed by atoms with Crippen LogP contribution in [-0.4, -0.2) is 42.7 Å². The lowest BCUT2D eigenvalue weighted by atomic mass is 9.87. The van der Waals surface area contributed by atoms with E-state index in [0.29, 0.717) is 19.5 Å². The van der Waals surface area contributed by atoms with Crippen LogP contribution in [0.5, 0.6) is 0 Å². The molecular formula is C15H25F3N2O. The summed E-state index contributed by atoms with van der Waals surface area (Å²) < 4.78 is 36.9. The molecule has 0 aromatic carbocycles. The van der Waals surface area contributed by atoms with Crippen LogP contribution in [0.15, 0.2) is 0 Å². The van der Waals surface area contributed by atoms with Crippen molar-refractivity contribution in [2.45, 2.75) is 57.7 Å². The molecule has 6 heteroatoms. The minimum Gasteiger partial charge on any atom is -0.341 e. The summed E-state index contributed by atoms with van der Waals surface area (Å²) in [5.41, 5.74) is 0. The summed E-state index contributed by atoms with van der Waals surface area (Å²) in [7, 11) is 0. The molecule has 1 saturated carbocycles. The minimum atomic E-state index is -4.20. The number of nitrogens with one attached hydrogen (secondary N) is 1. The van der Waals surface area contributed by atoms with E-state index in [1.54, 1.807) is 4.90 Å². The van der Waals surface area contributed by atoms with Gasteiger partial charge in [0.1, 0.15) is 0 Å². The number of halogens is 3. The monoisotopic (exact) mass is 306 g/mol. The number of carbonyl (C=O) groups is 1. The van der Waals surface area contributed by atoms with Crippen LogP contribution in [-0.2, 0) is 4.79 Å². The highest BCUT2D eigenvalue weighted by Crippen LogP contribution is 2.27. The Kier molecular flexibility index (Phi) is 5.52. The van der Waals surface area contributed by atoms with Gasteiger partial charge in [-0.25, -0.2) is 0 Å². The first-order valence-electron chi connectivity index (χ1n) is 7.94. The highest BCUT2D eigenvalue weighted by atomic mass is 19.4. The van der Waals surface area contributed by atoms with Crippen molar-refractivity contribution in [3.05, 3.63) is 0 Å². The molecule has 0 aromatic rings. The van der Waals surface area contributed by atoms with Crippen molar-refractivity contribution in [2.75, 3.05) is 19.6 Å². The molecule has 0 aromatic heterocycles. The van der Waals surface area contributed by atoms with E-state index in [9.17, 15) is 18.0 Å². The number of amides is 1. The lowest BCUT2D eigenvalue weighted by Crippen LogP contribution is -2.53. The van der Waals surface area contributed by atoms with Gasteiger partial charge in [0.15, 0.2) is 0 Å².